The van der Waals surface area contributed by atoms with Crippen molar-refractivity contribution in [2.45, 2.75) is 31.2 Å². The molecular formula is C28H26F6N6O2S. The fraction of sp³-hybridized carbons (Fsp3) is 0.321. The summed E-state index contributed by atoms with van der Waals surface area (Å²) in [6.45, 7) is 1.38. The van der Waals surface area contributed by atoms with Gasteiger partial charge in [-0.3, -0.25) is 14.8 Å². The van der Waals surface area contributed by atoms with Gasteiger partial charge in [-0.15, -0.1) is 0 Å². The van der Waals surface area contributed by atoms with E-state index in [0.29, 0.717) is 53.6 Å². The zero-order valence-electron chi connectivity index (χ0n) is 22.6. The molecule has 1 aliphatic rings. The van der Waals surface area contributed by atoms with E-state index in [1.165, 1.54) is 6.20 Å². The highest BCUT2D eigenvalue weighted by Crippen LogP contribution is 2.43. The molecule has 43 heavy (non-hydrogen) atoms. The van der Waals surface area contributed by atoms with Crippen LogP contribution in [0.5, 0.6) is 5.88 Å². The molecule has 0 spiro atoms. The largest absolute Gasteiger partial charge is 0.492 e. The third kappa shape index (κ3) is 6.62. The number of aromatic nitrogens is 3. The van der Waals surface area contributed by atoms with E-state index in [1.54, 1.807) is 25.2 Å². The van der Waals surface area contributed by atoms with Crippen molar-refractivity contribution < 1.29 is 36.2 Å². The van der Waals surface area contributed by atoms with E-state index in [0.717, 1.165) is 23.5 Å². The molecule has 0 aliphatic carbocycles. The Morgan fingerprint density at radius 1 is 1.14 bits per heavy atom. The summed E-state index contributed by atoms with van der Waals surface area (Å²) < 4.78 is 82.0. The van der Waals surface area contributed by atoms with Crippen LogP contribution in [0.2, 0.25) is 0 Å². The average Bonchev–Trinajstić information content (AvgIpc) is 3.56. The molecule has 0 saturated carbocycles. The molecule has 1 amide bonds. The molecule has 0 atom stereocenters. The maximum Gasteiger partial charge on any atom is 0.417 e. The summed E-state index contributed by atoms with van der Waals surface area (Å²) >= 11 is 1.05. The van der Waals surface area contributed by atoms with Crippen LogP contribution in [-0.4, -0.2) is 63.8 Å². The number of H-pyrrole nitrogens is 1. The number of hydrogen-bond donors (Lipinski definition) is 3. The Kier molecular flexibility index (Phi) is 8.13. The minimum atomic E-state index is -5.09. The number of aromatic amines is 1. The quantitative estimate of drug-likeness (QED) is 0.179. The topological polar surface area (TPSA) is 111 Å². The minimum Gasteiger partial charge on any atom is -0.492 e. The number of primary amides is 1. The number of benzene rings is 2. The molecule has 4 aromatic rings. The number of aromatic hydroxyl groups is 1. The molecule has 0 bridgehead atoms. The SMILES string of the molecule is CN(c1nc(O)c(C(=Cc2ccc(C(F)(F)F)cc2C(F)(F)F)c2ccc3[nH]ncc3c2)s1)C1CCN(CC(N)=O)CC1. The van der Waals surface area contributed by atoms with Gasteiger partial charge in [0.2, 0.25) is 11.8 Å². The van der Waals surface area contributed by atoms with Gasteiger partial charge in [-0.1, -0.05) is 23.5 Å². The Morgan fingerprint density at radius 3 is 2.51 bits per heavy atom. The van der Waals surface area contributed by atoms with Gasteiger partial charge in [0.1, 0.15) is 4.88 Å². The number of rotatable bonds is 7. The smallest absolute Gasteiger partial charge is 0.417 e. The number of nitrogens with one attached hydrogen (secondary N) is 1. The first-order valence-corrected chi connectivity index (χ1v) is 13.9. The molecule has 2 aromatic heterocycles. The summed E-state index contributed by atoms with van der Waals surface area (Å²) in [7, 11) is 1.79. The number of likely N-dealkylation sites (tertiary alicyclic amines) is 1. The highest BCUT2D eigenvalue weighted by atomic mass is 32.1. The van der Waals surface area contributed by atoms with Crippen LogP contribution in [0.15, 0.2) is 42.6 Å². The second-order valence-electron chi connectivity index (χ2n) is 10.3. The molecular weight excluding hydrogens is 598 g/mol. The monoisotopic (exact) mass is 624 g/mol. The van der Waals surface area contributed by atoms with Crippen LogP contribution < -0.4 is 10.6 Å². The third-order valence-corrected chi connectivity index (χ3v) is 8.53. The molecule has 0 radical (unpaired) electrons. The maximum atomic E-state index is 14.0. The van der Waals surface area contributed by atoms with E-state index in [9.17, 15) is 36.2 Å². The summed E-state index contributed by atoms with van der Waals surface area (Å²) in [6.07, 6.45) is -6.06. The number of nitrogens with zero attached hydrogens (tertiary/aromatic N) is 4. The molecule has 8 nitrogen and oxygen atoms in total. The summed E-state index contributed by atoms with van der Waals surface area (Å²) in [5, 5.41) is 18.7. The average molecular weight is 625 g/mol. The molecule has 0 unspecified atom stereocenters. The van der Waals surface area contributed by atoms with Crippen LogP contribution in [0, 0.1) is 0 Å². The van der Waals surface area contributed by atoms with Crippen molar-refractivity contribution in [3.05, 3.63) is 69.7 Å². The highest BCUT2D eigenvalue weighted by Gasteiger charge is 2.38. The van der Waals surface area contributed by atoms with Crippen LogP contribution >= 0.6 is 11.3 Å². The lowest BCUT2D eigenvalue weighted by atomic mass is 9.96. The standard InChI is InChI=1S/C28H26F6N6O2S/c1-39(19-6-8-40(9-7-19)14-23(35)41)26-37-25(42)24(43-26)20(15-3-5-22-17(10-15)13-36-38-22)11-16-2-4-18(27(29,30)31)12-21(16)28(32,33)34/h2-5,10-13,19,42H,6-9,14H2,1H3,(H2,35,41)(H,36,38). The van der Waals surface area contributed by atoms with Gasteiger partial charge in [-0.25, -0.2) is 0 Å². The van der Waals surface area contributed by atoms with Gasteiger partial charge < -0.3 is 15.7 Å². The number of halogens is 6. The fourth-order valence-electron chi connectivity index (χ4n) is 5.12. The van der Waals surface area contributed by atoms with Gasteiger partial charge in [0.25, 0.3) is 0 Å². The van der Waals surface area contributed by atoms with Crippen LogP contribution in [0.3, 0.4) is 0 Å². The number of alkyl halides is 6. The Hall–Kier alpha value is -4.11. The number of hydrogen-bond acceptors (Lipinski definition) is 7. The lowest BCUT2D eigenvalue weighted by molar-refractivity contribution is -0.143. The molecule has 3 heterocycles. The van der Waals surface area contributed by atoms with E-state index in [1.807, 2.05) is 9.80 Å². The van der Waals surface area contributed by atoms with Gasteiger partial charge >= 0.3 is 12.4 Å². The summed E-state index contributed by atoms with van der Waals surface area (Å²) in [5.41, 5.74) is 3.09. The molecule has 15 heteroatoms. The predicted molar refractivity (Wildman–Crippen MR) is 150 cm³/mol. The number of thiazole rings is 1. The zero-order valence-corrected chi connectivity index (χ0v) is 23.4. The second-order valence-corrected chi connectivity index (χ2v) is 11.2. The normalized spacial score (nSPS) is 15.7. The van der Waals surface area contributed by atoms with Crippen LogP contribution in [0.25, 0.3) is 22.6 Å². The van der Waals surface area contributed by atoms with E-state index >= 15 is 0 Å². The van der Waals surface area contributed by atoms with Crippen molar-refractivity contribution in [1.29, 1.82) is 0 Å². The third-order valence-electron chi connectivity index (χ3n) is 7.37. The number of amides is 1. The Morgan fingerprint density at radius 2 is 1.86 bits per heavy atom. The van der Waals surface area contributed by atoms with Crippen LogP contribution in [0.1, 0.15) is 40.0 Å². The number of piperidine rings is 1. The molecule has 4 N–H and O–H groups in total. The maximum absolute atomic E-state index is 14.0. The van der Waals surface area contributed by atoms with E-state index < -0.39 is 40.8 Å². The Bertz CT molecular complexity index is 1670. The van der Waals surface area contributed by atoms with Gasteiger partial charge in [0, 0.05) is 37.1 Å². The minimum absolute atomic E-state index is 0.00369. The van der Waals surface area contributed by atoms with Gasteiger partial charge in [0.15, 0.2) is 5.13 Å². The van der Waals surface area contributed by atoms with Crippen molar-refractivity contribution in [2.75, 3.05) is 31.6 Å². The molecule has 1 saturated heterocycles. The van der Waals surface area contributed by atoms with E-state index in [2.05, 4.69) is 15.2 Å². The Balaban J connectivity index is 1.58. The first-order chi connectivity index (χ1) is 20.2. The first-order valence-electron chi connectivity index (χ1n) is 13.1. The van der Waals surface area contributed by atoms with Crippen molar-refractivity contribution in [2.24, 2.45) is 5.73 Å². The zero-order chi connectivity index (χ0) is 31.1. The number of nitrogens with two attached hydrogens (primary N) is 1. The molecule has 5 rings (SSSR count). The number of carbonyl (C=O) groups excluding carboxylic acids is 1. The summed E-state index contributed by atoms with van der Waals surface area (Å²) in [4.78, 5) is 19.5. The predicted octanol–water partition coefficient (Wildman–Crippen LogP) is 5.74. The molecule has 228 valence electrons. The van der Waals surface area contributed by atoms with Crippen LogP contribution in [-0.2, 0) is 17.1 Å². The van der Waals surface area contributed by atoms with E-state index in [-0.39, 0.29) is 29.1 Å². The summed E-state index contributed by atoms with van der Waals surface area (Å²) in [6, 6.07) is 6.37. The van der Waals surface area contributed by atoms with Gasteiger partial charge in [-0.2, -0.15) is 36.4 Å². The second kappa shape index (κ2) is 11.5. The molecule has 1 fully saturated rings. The van der Waals surface area contributed by atoms with Crippen molar-refractivity contribution in [1.82, 2.24) is 20.1 Å². The summed E-state index contributed by atoms with van der Waals surface area (Å²) in [5.74, 6) is -0.854. The Labute approximate surface area is 245 Å². The van der Waals surface area contributed by atoms with Crippen molar-refractivity contribution in [3.8, 4) is 5.88 Å². The number of anilines is 1. The van der Waals surface area contributed by atoms with E-state index in [4.69, 9.17) is 5.73 Å². The first kappa shape index (κ1) is 30.4. The molecule has 1 aliphatic heterocycles. The van der Waals surface area contributed by atoms with Crippen molar-refractivity contribution in [3.63, 3.8) is 0 Å². The number of carbonyl (C=O) groups is 1. The highest BCUT2D eigenvalue weighted by molar-refractivity contribution is 7.17. The lowest BCUT2D eigenvalue weighted by Crippen LogP contribution is -2.45. The fourth-order valence-corrected chi connectivity index (χ4v) is 6.15. The number of fused-ring (bicyclic) bond motifs is 1. The van der Waals surface area contributed by atoms with Gasteiger partial charge in [0.05, 0.1) is 29.4 Å². The van der Waals surface area contributed by atoms with Gasteiger partial charge in [-0.05, 0) is 54.3 Å². The molecule has 2 aromatic carbocycles. The lowest BCUT2D eigenvalue weighted by Gasteiger charge is -2.36. The van der Waals surface area contributed by atoms with Crippen molar-refractivity contribution >= 4 is 44.9 Å². The van der Waals surface area contributed by atoms with Crippen LogP contribution in [0.4, 0.5) is 31.5 Å².